The first-order valence-corrected chi connectivity index (χ1v) is 7.77. The van der Waals surface area contributed by atoms with E-state index in [1.165, 1.54) is 0 Å². The number of aryl methyl sites for hydroxylation is 1. The van der Waals surface area contributed by atoms with Crippen LogP contribution in [0.15, 0.2) is 24.3 Å². The molecule has 2 heterocycles. The van der Waals surface area contributed by atoms with Crippen LogP contribution in [-0.2, 0) is 4.79 Å². The number of hydrogen-bond acceptors (Lipinski definition) is 4. The number of hydrogen-bond donors (Lipinski definition) is 0. The number of nitrogens with zero attached hydrogens (tertiary/aromatic N) is 4. The Morgan fingerprint density at radius 3 is 2.87 bits per heavy atom. The fourth-order valence-corrected chi connectivity index (χ4v) is 3.12. The van der Waals surface area contributed by atoms with Gasteiger partial charge < -0.3 is 9.80 Å². The van der Waals surface area contributed by atoms with E-state index in [2.05, 4.69) is 11.0 Å². The van der Waals surface area contributed by atoms with Crippen molar-refractivity contribution in [1.82, 2.24) is 9.88 Å². The molecular weight excluding hydrogens is 288 g/mol. The second kappa shape index (κ2) is 5.88. The van der Waals surface area contributed by atoms with Crippen molar-refractivity contribution in [3.63, 3.8) is 0 Å². The van der Waals surface area contributed by atoms with Gasteiger partial charge in [0.25, 0.3) is 0 Å². The lowest BCUT2D eigenvalue weighted by molar-refractivity contribution is -0.132. The second-order valence-corrected chi connectivity index (χ2v) is 6.32. The molecule has 1 amide bonds. The third kappa shape index (κ3) is 2.85. The number of benzene rings is 1. The average Bonchev–Trinajstić information content (AvgIpc) is 3.02. The van der Waals surface area contributed by atoms with Crippen molar-refractivity contribution in [2.45, 2.75) is 13.3 Å². The van der Waals surface area contributed by atoms with E-state index in [1.807, 2.05) is 31.2 Å². The second-order valence-electron chi connectivity index (χ2n) is 6.32. The Morgan fingerprint density at radius 2 is 2.17 bits per heavy atom. The SMILES string of the molecule is Cc1ccc2nc(N3CCC(C(=O)N(C)C)C3)cc(C#N)c2c1. The van der Waals surface area contributed by atoms with Crippen molar-refractivity contribution in [2.75, 3.05) is 32.1 Å². The summed E-state index contributed by atoms with van der Waals surface area (Å²) in [7, 11) is 3.57. The van der Waals surface area contributed by atoms with E-state index < -0.39 is 0 Å². The molecule has 0 radical (unpaired) electrons. The predicted molar refractivity (Wildman–Crippen MR) is 90.2 cm³/mol. The number of nitriles is 1. The highest BCUT2D eigenvalue weighted by Crippen LogP contribution is 2.28. The topological polar surface area (TPSA) is 60.2 Å². The summed E-state index contributed by atoms with van der Waals surface area (Å²) in [5.41, 5.74) is 2.57. The van der Waals surface area contributed by atoms with Crippen LogP contribution in [0.2, 0.25) is 0 Å². The zero-order valence-electron chi connectivity index (χ0n) is 13.7. The zero-order valence-corrected chi connectivity index (χ0v) is 13.7. The van der Waals surface area contributed by atoms with Crippen molar-refractivity contribution in [3.8, 4) is 6.07 Å². The van der Waals surface area contributed by atoms with Crippen molar-refractivity contribution < 1.29 is 4.79 Å². The van der Waals surface area contributed by atoms with Crippen molar-refractivity contribution in [3.05, 3.63) is 35.4 Å². The van der Waals surface area contributed by atoms with Crippen LogP contribution in [0, 0.1) is 24.2 Å². The van der Waals surface area contributed by atoms with Crippen molar-refractivity contribution in [2.24, 2.45) is 5.92 Å². The lowest BCUT2D eigenvalue weighted by atomic mass is 10.1. The smallest absolute Gasteiger partial charge is 0.227 e. The number of pyridine rings is 1. The molecule has 1 aliphatic heterocycles. The largest absolute Gasteiger partial charge is 0.356 e. The monoisotopic (exact) mass is 308 g/mol. The van der Waals surface area contributed by atoms with Gasteiger partial charge in [0.2, 0.25) is 5.91 Å². The van der Waals surface area contributed by atoms with Gasteiger partial charge in [-0.2, -0.15) is 5.26 Å². The van der Waals surface area contributed by atoms with E-state index in [-0.39, 0.29) is 11.8 Å². The quantitative estimate of drug-likeness (QED) is 0.854. The van der Waals surface area contributed by atoms with E-state index in [0.717, 1.165) is 35.2 Å². The minimum absolute atomic E-state index is 0.00560. The third-order valence-corrected chi connectivity index (χ3v) is 4.37. The van der Waals surface area contributed by atoms with E-state index in [1.54, 1.807) is 19.0 Å². The molecule has 1 aromatic heterocycles. The van der Waals surface area contributed by atoms with Crippen LogP contribution in [0.3, 0.4) is 0 Å². The number of amides is 1. The summed E-state index contributed by atoms with van der Waals surface area (Å²) < 4.78 is 0. The van der Waals surface area contributed by atoms with E-state index in [4.69, 9.17) is 4.98 Å². The van der Waals surface area contributed by atoms with Crippen molar-refractivity contribution in [1.29, 1.82) is 5.26 Å². The first-order valence-electron chi connectivity index (χ1n) is 7.77. The van der Waals surface area contributed by atoms with Gasteiger partial charge in [0.1, 0.15) is 5.82 Å². The molecule has 5 heteroatoms. The molecule has 1 atom stereocenters. The Hall–Kier alpha value is -2.61. The Morgan fingerprint density at radius 1 is 1.39 bits per heavy atom. The van der Waals surface area contributed by atoms with Crippen LogP contribution < -0.4 is 4.90 Å². The maximum absolute atomic E-state index is 12.1. The van der Waals surface area contributed by atoms with Gasteiger partial charge in [-0.15, -0.1) is 0 Å². The van der Waals surface area contributed by atoms with Gasteiger partial charge in [-0.25, -0.2) is 4.98 Å². The number of anilines is 1. The summed E-state index contributed by atoms with van der Waals surface area (Å²) in [5, 5.41) is 10.3. The summed E-state index contributed by atoms with van der Waals surface area (Å²) in [6.45, 7) is 3.46. The van der Waals surface area contributed by atoms with Gasteiger partial charge >= 0.3 is 0 Å². The molecule has 0 bridgehead atoms. The summed E-state index contributed by atoms with van der Waals surface area (Å²) in [6.07, 6.45) is 0.826. The number of rotatable bonds is 2. The van der Waals surface area contributed by atoms with Gasteiger partial charge in [0.15, 0.2) is 0 Å². The summed E-state index contributed by atoms with van der Waals surface area (Å²) in [5.74, 6) is 0.947. The summed E-state index contributed by atoms with van der Waals surface area (Å²) >= 11 is 0. The lowest BCUT2D eigenvalue weighted by Gasteiger charge is -2.20. The van der Waals surface area contributed by atoms with E-state index >= 15 is 0 Å². The van der Waals surface area contributed by atoms with Crippen LogP contribution in [0.1, 0.15) is 17.5 Å². The molecule has 0 aliphatic carbocycles. The van der Waals surface area contributed by atoms with Crippen LogP contribution in [0.4, 0.5) is 5.82 Å². The standard InChI is InChI=1S/C18H20N4O/c1-12-4-5-16-15(8-12)14(10-19)9-17(20-16)22-7-6-13(11-22)18(23)21(2)3/h4-5,8-9,13H,6-7,11H2,1-3H3. The van der Waals surface area contributed by atoms with Gasteiger partial charge in [0, 0.05) is 32.6 Å². The molecule has 1 aromatic carbocycles. The number of carbonyl (C=O) groups is 1. The third-order valence-electron chi connectivity index (χ3n) is 4.37. The molecule has 1 fully saturated rings. The van der Waals surface area contributed by atoms with E-state index in [0.29, 0.717) is 12.1 Å². The minimum Gasteiger partial charge on any atom is -0.356 e. The van der Waals surface area contributed by atoms with Crippen LogP contribution in [-0.4, -0.2) is 43.0 Å². The lowest BCUT2D eigenvalue weighted by Crippen LogP contribution is -2.32. The molecule has 118 valence electrons. The highest BCUT2D eigenvalue weighted by atomic mass is 16.2. The van der Waals surface area contributed by atoms with Gasteiger partial charge in [-0.3, -0.25) is 4.79 Å². The molecule has 1 unspecified atom stereocenters. The van der Waals surface area contributed by atoms with Gasteiger partial charge in [-0.1, -0.05) is 11.6 Å². The average molecular weight is 308 g/mol. The Bertz CT molecular complexity index is 807. The van der Waals surface area contributed by atoms with Crippen molar-refractivity contribution >= 4 is 22.6 Å². The minimum atomic E-state index is 0.00560. The van der Waals surface area contributed by atoms with Gasteiger partial charge in [0.05, 0.1) is 23.1 Å². The predicted octanol–water partition coefficient (Wildman–Crippen LogP) is 2.33. The molecule has 5 nitrogen and oxygen atoms in total. The highest BCUT2D eigenvalue weighted by Gasteiger charge is 2.30. The maximum Gasteiger partial charge on any atom is 0.227 e. The first kappa shape index (κ1) is 15.3. The normalized spacial score (nSPS) is 17.3. The maximum atomic E-state index is 12.1. The molecule has 0 N–H and O–H groups in total. The Balaban J connectivity index is 1.94. The molecule has 2 aromatic rings. The molecule has 3 rings (SSSR count). The molecular formula is C18H20N4O. The number of fused-ring (bicyclic) bond motifs is 1. The Labute approximate surface area is 136 Å². The Kier molecular flexibility index (Phi) is 3.91. The molecule has 1 saturated heterocycles. The van der Waals surface area contributed by atoms with Crippen LogP contribution in [0.25, 0.3) is 10.9 Å². The summed E-state index contributed by atoms with van der Waals surface area (Å²) in [4.78, 5) is 20.6. The number of aromatic nitrogens is 1. The molecule has 23 heavy (non-hydrogen) atoms. The fraction of sp³-hybridized carbons (Fsp3) is 0.389. The van der Waals surface area contributed by atoms with Crippen LogP contribution in [0.5, 0.6) is 0 Å². The zero-order chi connectivity index (χ0) is 16.6. The molecule has 0 spiro atoms. The van der Waals surface area contributed by atoms with Gasteiger partial charge in [-0.05, 0) is 31.5 Å². The first-order chi connectivity index (χ1) is 11.0. The van der Waals surface area contributed by atoms with E-state index in [9.17, 15) is 10.1 Å². The summed E-state index contributed by atoms with van der Waals surface area (Å²) in [6, 6.07) is 10.1. The fourth-order valence-electron chi connectivity index (χ4n) is 3.12. The van der Waals surface area contributed by atoms with Crippen LogP contribution >= 0.6 is 0 Å². The highest BCUT2D eigenvalue weighted by molar-refractivity contribution is 5.87. The molecule has 0 saturated carbocycles. The molecule has 1 aliphatic rings. The number of carbonyl (C=O) groups excluding carboxylic acids is 1.